The van der Waals surface area contributed by atoms with E-state index in [0.29, 0.717) is 31.6 Å². The van der Waals surface area contributed by atoms with Crippen LogP contribution in [0.15, 0.2) is 29.2 Å². The number of aryl methyl sites for hydroxylation is 2. The Kier molecular flexibility index (Phi) is 6.74. The predicted octanol–water partition coefficient (Wildman–Crippen LogP) is 3.17. The zero-order valence-corrected chi connectivity index (χ0v) is 18.3. The minimum Gasteiger partial charge on any atom is -0.326 e. The molecule has 0 saturated carbocycles. The van der Waals surface area contributed by atoms with Crippen molar-refractivity contribution in [3.8, 4) is 0 Å². The molecule has 0 spiro atoms. The third-order valence-electron chi connectivity index (χ3n) is 5.60. The smallest absolute Gasteiger partial charge is 0.243 e. The van der Waals surface area contributed by atoms with E-state index in [1.165, 1.54) is 0 Å². The Morgan fingerprint density at radius 3 is 2.24 bits per heavy atom. The zero-order chi connectivity index (χ0) is 21.0. The van der Waals surface area contributed by atoms with Crippen LogP contribution < -0.4 is 5.32 Å². The van der Waals surface area contributed by atoms with Gasteiger partial charge in [-0.2, -0.15) is 9.40 Å². The normalized spacial score (nSPS) is 15.8. The standard InChI is InChI=1S/C21H30N4O3S/c1-16-20(17(2)24(3)23-16)12-13-21(26)22-18-8-10-19(11-9-18)29(27,28)25-14-6-4-5-7-15-25/h8-11H,4-7,12-15H2,1-3H3,(H,22,26). The number of aromatic nitrogens is 2. The lowest BCUT2D eigenvalue weighted by Gasteiger charge is -2.20. The molecule has 8 heteroatoms. The van der Waals surface area contributed by atoms with Crippen LogP contribution in [0.2, 0.25) is 0 Å². The third-order valence-corrected chi connectivity index (χ3v) is 7.51. The van der Waals surface area contributed by atoms with Crippen LogP contribution in [0.25, 0.3) is 0 Å². The fourth-order valence-corrected chi connectivity index (χ4v) is 5.30. The second kappa shape index (κ2) is 9.09. The minimum atomic E-state index is -3.47. The highest BCUT2D eigenvalue weighted by atomic mass is 32.2. The van der Waals surface area contributed by atoms with Crippen molar-refractivity contribution >= 4 is 21.6 Å². The number of rotatable bonds is 6. The van der Waals surface area contributed by atoms with Gasteiger partial charge in [-0.05, 0) is 62.9 Å². The Morgan fingerprint density at radius 2 is 1.69 bits per heavy atom. The quantitative estimate of drug-likeness (QED) is 0.781. The third kappa shape index (κ3) is 5.05. The second-order valence-electron chi connectivity index (χ2n) is 7.66. The number of carbonyl (C=O) groups is 1. The number of anilines is 1. The first-order valence-corrected chi connectivity index (χ1v) is 11.6. The van der Waals surface area contributed by atoms with Gasteiger partial charge in [0.15, 0.2) is 0 Å². The van der Waals surface area contributed by atoms with Gasteiger partial charge in [0, 0.05) is 37.9 Å². The predicted molar refractivity (Wildman–Crippen MR) is 113 cm³/mol. The molecule has 1 aromatic carbocycles. The fraction of sp³-hybridized carbons (Fsp3) is 0.524. The summed E-state index contributed by atoms with van der Waals surface area (Å²) in [6.07, 6.45) is 4.94. The lowest BCUT2D eigenvalue weighted by molar-refractivity contribution is -0.116. The highest BCUT2D eigenvalue weighted by molar-refractivity contribution is 7.89. The van der Waals surface area contributed by atoms with Crippen molar-refractivity contribution < 1.29 is 13.2 Å². The molecule has 3 rings (SSSR count). The number of benzene rings is 1. The van der Waals surface area contributed by atoms with E-state index >= 15 is 0 Å². The molecule has 29 heavy (non-hydrogen) atoms. The molecule has 1 fully saturated rings. The van der Waals surface area contributed by atoms with E-state index in [4.69, 9.17) is 0 Å². The zero-order valence-electron chi connectivity index (χ0n) is 17.4. The Morgan fingerprint density at radius 1 is 1.07 bits per heavy atom. The summed E-state index contributed by atoms with van der Waals surface area (Å²) in [7, 11) is -1.58. The SMILES string of the molecule is Cc1nn(C)c(C)c1CCC(=O)Nc1ccc(S(=O)(=O)N2CCCCCC2)cc1. The van der Waals surface area contributed by atoms with Gasteiger partial charge in [0.2, 0.25) is 15.9 Å². The molecule has 1 saturated heterocycles. The van der Waals surface area contributed by atoms with E-state index in [-0.39, 0.29) is 10.8 Å². The van der Waals surface area contributed by atoms with Crippen LogP contribution in [0.5, 0.6) is 0 Å². The van der Waals surface area contributed by atoms with Gasteiger partial charge in [0.1, 0.15) is 0 Å². The molecule has 1 N–H and O–H groups in total. The molecule has 0 atom stereocenters. The largest absolute Gasteiger partial charge is 0.326 e. The van der Waals surface area contributed by atoms with E-state index in [1.54, 1.807) is 28.6 Å². The summed E-state index contributed by atoms with van der Waals surface area (Å²) in [4.78, 5) is 12.6. The maximum atomic E-state index is 12.8. The summed E-state index contributed by atoms with van der Waals surface area (Å²) < 4.78 is 29.1. The van der Waals surface area contributed by atoms with Crippen LogP contribution in [0.4, 0.5) is 5.69 Å². The molecule has 1 aromatic heterocycles. The molecule has 0 unspecified atom stereocenters. The summed E-state index contributed by atoms with van der Waals surface area (Å²) in [5.74, 6) is -0.101. The second-order valence-corrected chi connectivity index (χ2v) is 9.60. The number of sulfonamides is 1. The lowest BCUT2D eigenvalue weighted by atomic mass is 10.1. The average molecular weight is 419 g/mol. The Bertz CT molecular complexity index is 957. The highest BCUT2D eigenvalue weighted by Crippen LogP contribution is 2.22. The van der Waals surface area contributed by atoms with E-state index in [9.17, 15) is 13.2 Å². The van der Waals surface area contributed by atoms with Crippen molar-refractivity contribution in [3.63, 3.8) is 0 Å². The molecule has 1 amide bonds. The maximum absolute atomic E-state index is 12.8. The average Bonchev–Trinajstić information content (AvgIpc) is 2.89. The van der Waals surface area contributed by atoms with Crippen molar-refractivity contribution in [2.75, 3.05) is 18.4 Å². The number of hydrogen-bond donors (Lipinski definition) is 1. The van der Waals surface area contributed by atoms with E-state index in [1.807, 2.05) is 25.6 Å². The lowest BCUT2D eigenvalue weighted by Crippen LogP contribution is -2.31. The number of nitrogens with zero attached hydrogens (tertiary/aromatic N) is 3. The molecule has 0 radical (unpaired) electrons. The maximum Gasteiger partial charge on any atom is 0.243 e. The summed E-state index contributed by atoms with van der Waals surface area (Å²) in [6, 6.07) is 6.46. The molecule has 0 aliphatic carbocycles. The van der Waals surface area contributed by atoms with E-state index in [0.717, 1.165) is 42.6 Å². The van der Waals surface area contributed by atoms with E-state index in [2.05, 4.69) is 10.4 Å². The van der Waals surface area contributed by atoms with Crippen LogP contribution in [-0.4, -0.2) is 41.5 Å². The summed E-state index contributed by atoms with van der Waals surface area (Å²) in [5.41, 5.74) is 3.71. The van der Waals surface area contributed by atoms with Gasteiger partial charge >= 0.3 is 0 Å². The number of nitrogens with one attached hydrogen (secondary N) is 1. The molecule has 2 heterocycles. The van der Waals surface area contributed by atoms with Gasteiger partial charge in [0.05, 0.1) is 10.6 Å². The van der Waals surface area contributed by atoms with Crippen molar-refractivity contribution in [1.82, 2.24) is 14.1 Å². The molecule has 1 aliphatic rings. The fourth-order valence-electron chi connectivity index (χ4n) is 3.78. The van der Waals surface area contributed by atoms with Crippen molar-refractivity contribution in [2.45, 2.75) is 57.3 Å². The van der Waals surface area contributed by atoms with Crippen LogP contribution in [-0.2, 0) is 28.3 Å². The molecular weight excluding hydrogens is 388 g/mol. The van der Waals surface area contributed by atoms with Gasteiger partial charge in [-0.15, -0.1) is 0 Å². The minimum absolute atomic E-state index is 0.101. The van der Waals surface area contributed by atoms with Gasteiger partial charge in [0.25, 0.3) is 0 Å². The first kappa shape index (κ1) is 21.5. The number of amides is 1. The molecular formula is C21H30N4O3S. The van der Waals surface area contributed by atoms with Crippen molar-refractivity contribution in [2.24, 2.45) is 7.05 Å². The number of hydrogen-bond acceptors (Lipinski definition) is 4. The Labute approximate surface area is 173 Å². The van der Waals surface area contributed by atoms with Gasteiger partial charge in [-0.3, -0.25) is 9.48 Å². The molecule has 158 valence electrons. The highest BCUT2D eigenvalue weighted by Gasteiger charge is 2.25. The summed E-state index contributed by atoms with van der Waals surface area (Å²) in [6.45, 7) is 5.10. The monoisotopic (exact) mass is 418 g/mol. The van der Waals surface area contributed by atoms with Crippen LogP contribution in [0.1, 0.15) is 49.1 Å². The van der Waals surface area contributed by atoms with Crippen LogP contribution in [0.3, 0.4) is 0 Å². The Balaban J connectivity index is 1.60. The van der Waals surface area contributed by atoms with Crippen LogP contribution in [0, 0.1) is 13.8 Å². The summed E-state index contributed by atoms with van der Waals surface area (Å²) >= 11 is 0. The number of carbonyl (C=O) groups excluding carboxylic acids is 1. The Hall–Kier alpha value is -2.19. The van der Waals surface area contributed by atoms with Gasteiger partial charge < -0.3 is 5.32 Å². The summed E-state index contributed by atoms with van der Waals surface area (Å²) in [5, 5.41) is 7.23. The van der Waals surface area contributed by atoms with Gasteiger partial charge in [-0.1, -0.05) is 12.8 Å². The molecule has 0 bridgehead atoms. The van der Waals surface area contributed by atoms with Crippen molar-refractivity contribution in [1.29, 1.82) is 0 Å². The van der Waals surface area contributed by atoms with Gasteiger partial charge in [-0.25, -0.2) is 8.42 Å². The molecule has 7 nitrogen and oxygen atoms in total. The van der Waals surface area contributed by atoms with E-state index < -0.39 is 10.0 Å². The molecule has 1 aliphatic heterocycles. The van der Waals surface area contributed by atoms with Crippen molar-refractivity contribution in [3.05, 3.63) is 41.2 Å². The first-order chi connectivity index (χ1) is 13.8. The first-order valence-electron chi connectivity index (χ1n) is 10.2. The van der Waals surface area contributed by atoms with Crippen LogP contribution >= 0.6 is 0 Å². The topological polar surface area (TPSA) is 84.3 Å². The molecule has 2 aromatic rings.